The van der Waals surface area contributed by atoms with E-state index in [0.29, 0.717) is 17.0 Å². The molecule has 0 bridgehead atoms. The second kappa shape index (κ2) is 6.31. The number of fused-ring (bicyclic) bond motifs is 1. The number of aromatic nitrogens is 1. The molecule has 1 aromatic heterocycles. The molecule has 6 heteroatoms. The molecule has 4 rings (SSSR count). The van der Waals surface area contributed by atoms with Gasteiger partial charge in [-0.15, -0.1) is 0 Å². The van der Waals surface area contributed by atoms with Crippen LogP contribution in [0, 0.1) is 6.92 Å². The lowest BCUT2D eigenvalue weighted by Crippen LogP contribution is -2.09. The van der Waals surface area contributed by atoms with Crippen LogP contribution in [-0.4, -0.2) is 13.4 Å². The van der Waals surface area contributed by atoms with E-state index in [2.05, 4.69) is 4.98 Å². The number of hydrogen-bond donors (Lipinski definition) is 0. The standard InChI is InChI=1S/C20H15NO4S/c1-14-7-10-17(11-8-14)26(22,23)25-16-9-12-18-19(13-16)24-20(21-18)15-5-3-2-4-6-15/h2-13H,1H3. The van der Waals surface area contributed by atoms with Gasteiger partial charge in [-0.2, -0.15) is 8.42 Å². The van der Waals surface area contributed by atoms with E-state index in [4.69, 9.17) is 8.60 Å². The van der Waals surface area contributed by atoms with Crippen LogP contribution < -0.4 is 4.18 Å². The van der Waals surface area contributed by atoms with Crippen LogP contribution in [0.15, 0.2) is 82.1 Å². The van der Waals surface area contributed by atoms with Crippen LogP contribution in [0.5, 0.6) is 5.75 Å². The summed E-state index contributed by atoms with van der Waals surface area (Å²) in [5.41, 5.74) is 2.91. The van der Waals surface area contributed by atoms with Gasteiger partial charge in [-0.1, -0.05) is 35.9 Å². The van der Waals surface area contributed by atoms with E-state index in [9.17, 15) is 8.42 Å². The topological polar surface area (TPSA) is 69.4 Å². The Balaban J connectivity index is 1.66. The van der Waals surface area contributed by atoms with Gasteiger partial charge in [-0.05, 0) is 43.3 Å². The van der Waals surface area contributed by atoms with Crippen LogP contribution in [0.3, 0.4) is 0 Å². The summed E-state index contributed by atoms with van der Waals surface area (Å²) in [4.78, 5) is 4.52. The summed E-state index contributed by atoms with van der Waals surface area (Å²) in [6.45, 7) is 1.89. The highest BCUT2D eigenvalue weighted by molar-refractivity contribution is 7.87. The van der Waals surface area contributed by atoms with Crippen molar-refractivity contribution in [3.8, 4) is 17.2 Å². The molecule has 1 heterocycles. The zero-order chi connectivity index (χ0) is 18.1. The molecule has 0 aliphatic carbocycles. The minimum absolute atomic E-state index is 0.103. The van der Waals surface area contributed by atoms with Gasteiger partial charge in [0.15, 0.2) is 5.58 Å². The van der Waals surface area contributed by atoms with Gasteiger partial charge in [0, 0.05) is 11.6 Å². The Kier molecular flexibility index (Phi) is 3.97. The maximum Gasteiger partial charge on any atom is 0.339 e. The third-order valence-electron chi connectivity index (χ3n) is 3.90. The normalized spacial score (nSPS) is 11.6. The molecule has 0 radical (unpaired) electrons. The van der Waals surface area contributed by atoms with E-state index < -0.39 is 10.1 Å². The summed E-state index contributed by atoms with van der Waals surface area (Å²) in [7, 11) is -3.91. The highest BCUT2D eigenvalue weighted by Gasteiger charge is 2.17. The molecule has 0 N–H and O–H groups in total. The average molecular weight is 365 g/mol. The highest BCUT2D eigenvalue weighted by Crippen LogP contribution is 2.28. The van der Waals surface area contributed by atoms with Gasteiger partial charge < -0.3 is 8.60 Å². The molecular formula is C20H15NO4S. The fourth-order valence-electron chi connectivity index (χ4n) is 2.54. The third-order valence-corrected chi connectivity index (χ3v) is 5.16. The fourth-order valence-corrected chi connectivity index (χ4v) is 3.46. The van der Waals surface area contributed by atoms with Crippen LogP contribution in [0.4, 0.5) is 0 Å². The molecule has 0 aliphatic heterocycles. The lowest BCUT2D eigenvalue weighted by atomic mass is 10.2. The van der Waals surface area contributed by atoms with Crippen molar-refractivity contribution in [3.63, 3.8) is 0 Å². The number of hydrogen-bond acceptors (Lipinski definition) is 5. The van der Waals surface area contributed by atoms with Crippen molar-refractivity contribution in [3.05, 3.63) is 78.4 Å². The summed E-state index contributed by atoms with van der Waals surface area (Å²) >= 11 is 0. The second-order valence-electron chi connectivity index (χ2n) is 5.87. The Hall–Kier alpha value is -3.12. The molecular weight excluding hydrogens is 350 g/mol. The predicted octanol–water partition coefficient (Wildman–Crippen LogP) is 4.57. The maximum absolute atomic E-state index is 12.4. The molecule has 0 fully saturated rings. The molecule has 3 aromatic carbocycles. The number of aryl methyl sites for hydroxylation is 1. The van der Waals surface area contributed by atoms with E-state index >= 15 is 0 Å². The van der Waals surface area contributed by atoms with Crippen molar-refractivity contribution >= 4 is 21.2 Å². The SMILES string of the molecule is Cc1ccc(S(=O)(=O)Oc2ccc3nc(-c4ccccc4)oc3c2)cc1. The zero-order valence-corrected chi connectivity index (χ0v) is 14.7. The first-order valence-corrected chi connectivity index (χ1v) is 9.39. The number of benzene rings is 3. The zero-order valence-electron chi connectivity index (χ0n) is 13.9. The molecule has 26 heavy (non-hydrogen) atoms. The predicted molar refractivity (Wildman–Crippen MR) is 98.4 cm³/mol. The molecule has 5 nitrogen and oxygen atoms in total. The minimum Gasteiger partial charge on any atom is -0.436 e. The molecule has 0 unspecified atom stereocenters. The largest absolute Gasteiger partial charge is 0.436 e. The molecule has 0 spiro atoms. The molecule has 0 saturated heterocycles. The van der Waals surface area contributed by atoms with Crippen LogP contribution in [-0.2, 0) is 10.1 Å². The summed E-state index contributed by atoms with van der Waals surface area (Å²) in [5.74, 6) is 0.646. The van der Waals surface area contributed by atoms with Crippen molar-refractivity contribution in [2.24, 2.45) is 0 Å². The van der Waals surface area contributed by atoms with E-state index in [-0.39, 0.29) is 10.6 Å². The van der Waals surface area contributed by atoms with Gasteiger partial charge in [-0.25, -0.2) is 4.98 Å². The average Bonchev–Trinajstić information content (AvgIpc) is 3.06. The van der Waals surface area contributed by atoms with Crippen LogP contribution in [0.1, 0.15) is 5.56 Å². The molecule has 0 amide bonds. The number of rotatable bonds is 4. The molecule has 130 valence electrons. The molecule has 4 aromatic rings. The van der Waals surface area contributed by atoms with Crippen molar-refractivity contribution < 1.29 is 17.0 Å². The monoisotopic (exact) mass is 365 g/mol. The van der Waals surface area contributed by atoms with Crippen molar-refractivity contribution in [1.82, 2.24) is 4.98 Å². The van der Waals surface area contributed by atoms with Crippen LogP contribution in [0.2, 0.25) is 0 Å². The van der Waals surface area contributed by atoms with Gasteiger partial charge in [0.05, 0.1) is 0 Å². The van der Waals surface area contributed by atoms with Crippen molar-refractivity contribution in [2.45, 2.75) is 11.8 Å². The minimum atomic E-state index is -3.91. The van der Waals surface area contributed by atoms with Crippen LogP contribution in [0.25, 0.3) is 22.6 Å². The smallest absolute Gasteiger partial charge is 0.339 e. The number of oxazole rings is 1. The maximum atomic E-state index is 12.4. The first kappa shape index (κ1) is 16.4. The Morgan fingerprint density at radius 3 is 2.38 bits per heavy atom. The molecule has 0 atom stereocenters. The van der Waals surface area contributed by atoms with Gasteiger partial charge in [0.2, 0.25) is 5.89 Å². The van der Waals surface area contributed by atoms with E-state index in [1.54, 1.807) is 24.3 Å². The molecule has 0 saturated carbocycles. The van der Waals surface area contributed by atoms with Gasteiger partial charge in [0.25, 0.3) is 0 Å². The second-order valence-corrected chi connectivity index (χ2v) is 7.41. The molecule has 0 aliphatic rings. The van der Waals surface area contributed by atoms with Gasteiger partial charge >= 0.3 is 10.1 Å². The Morgan fingerprint density at radius 1 is 0.923 bits per heavy atom. The lowest BCUT2D eigenvalue weighted by molar-refractivity contribution is 0.486. The fraction of sp³-hybridized carbons (Fsp3) is 0.0500. The van der Waals surface area contributed by atoms with E-state index in [1.165, 1.54) is 18.2 Å². The summed E-state index contributed by atoms with van der Waals surface area (Å²) < 4.78 is 35.8. The van der Waals surface area contributed by atoms with E-state index in [1.807, 2.05) is 37.3 Å². The van der Waals surface area contributed by atoms with Crippen molar-refractivity contribution in [1.29, 1.82) is 0 Å². The first-order chi connectivity index (χ1) is 12.5. The van der Waals surface area contributed by atoms with Gasteiger partial charge in [0.1, 0.15) is 16.2 Å². The highest BCUT2D eigenvalue weighted by atomic mass is 32.2. The first-order valence-electron chi connectivity index (χ1n) is 7.98. The Bertz CT molecular complexity index is 1160. The summed E-state index contributed by atoms with van der Waals surface area (Å²) in [5, 5.41) is 0. The summed E-state index contributed by atoms with van der Waals surface area (Å²) in [6, 6.07) is 20.7. The Morgan fingerprint density at radius 2 is 1.65 bits per heavy atom. The van der Waals surface area contributed by atoms with Crippen LogP contribution >= 0.6 is 0 Å². The quantitative estimate of drug-likeness (QED) is 0.496. The lowest BCUT2D eigenvalue weighted by Gasteiger charge is -2.06. The summed E-state index contributed by atoms with van der Waals surface area (Å²) in [6.07, 6.45) is 0. The van der Waals surface area contributed by atoms with Crippen molar-refractivity contribution in [2.75, 3.05) is 0 Å². The number of nitrogens with zero attached hydrogens (tertiary/aromatic N) is 1. The van der Waals surface area contributed by atoms with E-state index in [0.717, 1.165) is 11.1 Å². The van der Waals surface area contributed by atoms with Gasteiger partial charge in [-0.3, -0.25) is 0 Å². The third kappa shape index (κ3) is 3.19. The Labute approximate surface area is 151 Å².